The van der Waals surface area contributed by atoms with Gasteiger partial charge < -0.3 is 4.74 Å². The number of hydrogen-bond donors (Lipinski definition) is 0. The van der Waals surface area contributed by atoms with Crippen LogP contribution in [0.2, 0.25) is 5.28 Å². The van der Waals surface area contributed by atoms with Crippen molar-refractivity contribution in [3.8, 4) is 5.75 Å². The lowest BCUT2D eigenvalue weighted by Gasteiger charge is -2.05. The number of methoxy groups -OCH3 is 1. The fourth-order valence-electron chi connectivity index (χ4n) is 2.36. The first kappa shape index (κ1) is 12.4. The first-order chi connectivity index (χ1) is 9.19. The number of benzene rings is 1. The quantitative estimate of drug-likeness (QED) is 0.806. The molecule has 1 fully saturated rings. The fraction of sp³-hybridized carbons (Fsp3) is 0.286. The Bertz CT molecular complexity index is 603. The summed E-state index contributed by atoms with van der Waals surface area (Å²) < 4.78 is 18.9. The SMILES string of the molecule is COc1ccc(C2CC2c2cnc(Cl)nc2)c(F)c1. The molecule has 1 aromatic heterocycles. The Balaban J connectivity index is 1.81. The summed E-state index contributed by atoms with van der Waals surface area (Å²) in [5, 5.41) is 0.233. The van der Waals surface area contributed by atoms with Gasteiger partial charge in [-0.25, -0.2) is 14.4 Å². The van der Waals surface area contributed by atoms with Gasteiger partial charge in [0.1, 0.15) is 11.6 Å². The Morgan fingerprint density at radius 1 is 1.26 bits per heavy atom. The van der Waals surface area contributed by atoms with Gasteiger partial charge in [-0.05, 0) is 47.1 Å². The van der Waals surface area contributed by atoms with Crippen molar-refractivity contribution in [3.05, 3.63) is 52.8 Å². The number of aromatic nitrogens is 2. The van der Waals surface area contributed by atoms with Gasteiger partial charge in [-0.3, -0.25) is 0 Å². The lowest BCUT2D eigenvalue weighted by Crippen LogP contribution is -1.92. The summed E-state index contributed by atoms with van der Waals surface area (Å²) >= 11 is 5.65. The lowest BCUT2D eigenvalue weighted by atomic mass is 10.1. The van der Waals surface area contributed by atoms with E-state index in [2.05, 4.69) is 9.97 Å². The van der Waals surface area contributed by atoms with Crippen LogP contribution in [0.5, 0.6) is 5.75 Å². The highest BCUT2D eigenvalue weighted by molar-refractivity contribution is 6.28. The topological polar surface area (TPSA) is 35.0 Å². The molecule has 2 unspecified atom stereocenters. The third-order valence-electron chi connectivity index (χ3n) is 3.47. The van der Waals surface area contributed by atoms with E-state index in [9.17, 15) is 4.39 Å². The van der Waals surface area contributed by atoms with E-state index >= 15 is 0 Å². The summed E-state index contributed by atoms with van der Waals surface area (Å²) in [5.41, 5.74) is 1.73. The molecule has 0 spiro atoms. The largest absolute Gasteiger partial charge is 0.497 e. The molecule has 0 saturated heterocycles. The average molecular weight is 279 g/mol. The van der Waals surface area contributed by atoms with Gasteiger partial charge in [0.15, 0.2) is 0 Å². The lowest BCUT2D eigenvalue weighted by molar-refractivity contribution is 0.410. The van der Waals surface area contributed by atoms with Crippen LogP contribution >= 0.6 is 11.6 Å². The molecule has 1 aliphatic carbocycles. The minimum Gasteiger partial charge on any atom is -0.497 e. The molecular formula is C14H12ClFN2O. The molecule has 1 heterocycles. The van der Waals surface area contributed by atoms with E-state index < -0.39 is 0 Å². The third-order valence-corrected chi connectivity index (χ3v) is 3.66. The Morgan fingerprint density at radius 2 is 2.00 bits per heavy atom. The van der Waals surface area contributed by atoms with Crippen molar-refractivity contribution in [2.45, 2.75) is 18.3 Å². The molecule has 0 bridgehead atoms. The highest BCUT2D eigenvalue weighted by Gasteiger charge is 2.41. The Hall–Kier alpha value is -1.68. The summed E-state index contributed by atoms with van der Waals surface area (Å²) in [5.74, 6) is 0.783. The average Bonchev–Trinajstić information content (AvgIpc) is 3.19. The van der Waals surface area contributed by atoms with Crippen molar-refractivity contribution in [2.75, 3.05) is 7.11 Å². The van der Waals surface area contributed by atoms with Crippen molar-refractivity contribution in [1.82, 2.24) is 9.97 Å². The van der Waals surface area contributed by atoms with Gasteiger partial charge in [-0.1, -0.05) is 6.07 Å². The van der Waals surface area contributed by atoms with Crippen LogP contribution in [0.15, 0.2) is 30.6 Å². The van der Waals surface area contributed by atoms with E-state index in [0.717, 1.165) is 17.5 Å². The van der Waals surface area contributed by atoms with Gasteiger partial charge in [-0.15, -0.1) is 0 Å². The van der Waals surface area contributed by atoms with Gasteiger partial charge in [0.25, 0.3) is 0 Å². The summed E-state index contributed by atoms with van der Waals surface area (Å²) in [6, 6.07) is 4.99. The monoisotopic (exact) mass is 278 g/mol. The van der Waals surface area contributed by atoms with Crippen molar-refractivity contribution >= 4 is 11.6 Å². The van der Waals surface area contributed by atoms with Gasteiger partial charge in [0, 0.05) is 18.5 Å². The molecule has 0 radical (unpaired) electrons. The first-order valence-electron chi connectivity index (χ1n) is 6.00. The fourth-order valence-corrected chi connectivity index (χ4v) is 2.45. The highest BCUT2D eigenvalue weighted by atomic mass is 35.5. The zero-order valence-electron chi connectivity index (χ0n) is 10.3. The normalized spacial score (nSPS) is 21.2. The molecule has 1 aliphatic rings. The Labute approximate surface area is 115 Å². The molecule has 0 N–H and O–H groups in total. The predicted octanol–water partition coefficient (Wildman–Crippen LogP) is 3.55. The molecule has 0 aliphatic heterocycles. The number of ether oxygens (including phenoxy) is 1. The smallest absolute Gasteiger partial charge is 0.222 e. The molecule has 5 heteroatoms. The minimum absolute atomic E-state index is 0.190. The van der Waals surface area contributed by atoms with E-state index in [1.165, 1.54) is 13.2 Å². The van der Waals surface area contributed by atoms with Crippen molar-refractivity contribution in [2.24, 2.45) is 0 Å². The zero-order valence-corrected chi connectivity index (χ0v) is 11.1. The van der Waals surface area contributed by atoms with Gasteiger partial charge in [-0.2, -0.15) is 0 Å². The van der Waals surface area contributed by atoms with E-state index in [4.69, 9.17) is 16.3 Å². The van der Waals surface area contributed by atoms with Gasteiger partial charge in [0.05, 0.1) is 7.11 Å². The first-order valence-corrected chi connectivity index (χ1v) is 6.37. The number of rotatable bonds is 3. The number of nitrogens with zero attached hydrogens (tertiary/aromatic N) is 2. The van der Waals surface area contributed by atoms with Crippen LogP contribution in [0.3, 0.4) is 0 Å². The van der Waals surface area contributed by atoms with E-state index in [1.54, 1.807) is 24.5 Å². The Morgan fingerprint density at radius 3 is 2.63 bits per heavy atom. The second-order valence-electron chi connectivity index (χ2n) is 4.62. The summed E-state index contributed by atoms with van der Waals surface area (Å²) in [7, 11) is 1.53. The second-order valence-corrected chi connectivity index (χ2v) is 4.96. The van der Waals surface area contributed by atoms with Crippen LogP contribution in [0, 0.1) is 5.82 Å². The minimum atomic E-state index is -0.221. The molecule has 1 saturated carbocycles. The van der Waals surface area contributed by atoms with Crippen LogP contribution in [-0.4, -0.2) is 17.1 Å². The van der Waals surface area contributed by atoms with E-state index in [-0.39, 0.29) is 22.9 Å². The summed E-state index contributed by atoms with van der Waals surface area (Å²) in [6.07, 6.45) is 4.33. The van der Waals surface area contributed by atoms with Crippen molar-refractivity contribution in [1.29, 1.82) is 0 Å². The van der Waals surface area contributed by atoms with Crippen LogP contribution in [0.4, 0.5) is 4.39 Å². The van der Waals surface area contributed by atoms with Gasteiger partial charge in [0.2, 0.25) is 5.28 Å². The summed E-state index contributed by atoms with van der Waals surface area (Å²) in [6.45, 7) is 0. The Kier molecular flexibility index (Phi) is 3.11. The standard InChI is InChI=1S/C14H12ClFN2O/c1-19-9-2-3-10(13(16)4-9)12-5-11(12)8-6-17-14(15)18-7-8/h2-4,6-7,11-12H,5H2,1H3. The van der Waals surface area contributed by atoms with E-state index in [0.29, 0.717) is 5.75 Å². The molecule has 98 valence electrons. The van der Waals surface area contributed by atoms with Crippen LogP contribution in [0.1, 0.15) is 29.4 Å². The van der Waals surface area contributed by atoms with Gasteiger partial charge >= 0.3 is 0 Å². The molecule has 3 rings (SSSR count). The van der Waals surface area contributed by atoms with Crippen LogP contribution in [0.25, 0.3) is 0 Å². The summed E-state index contributed by atoms with van der Waals surface area (Å²) in [4.78, 5) is 7.92. The maximum Gasteiger partial charge on any atom is 0.222 e. The second kappa shape index (κ2) is 4.78. The molecular weight excluding hydrogens is 267 g/mol. The maximum atomic E-state index is 13.9. The highest BCUT2D eigenvalue weighted by Crippen LogP contribution is 2.55. The zero-order chi connectivity index (χ0) is 13.4. The van der Waals surface area contributed by atoms with Crippen LogP contribution < -0.4 is 4.74 Å². The number of hydrogen-bond acceptors (Lipinski definition) is 3. The molecule has 2 atom stereocenters. The molecule has 3 nitrogen and oxygen atoms in total. The number of halogens is 2. The predicted molar refractivity (Wildman–Crippen MR) is 70.1 cm³/mol. The van der Waals surface area contributed by atoms with Crippen molar-refractivity contribution < 1.29 is 9.13 Å². The van der Waals surface area contributed by atoms with E-state index in [1.807, 2.05) is 0 Å². The molecule has 0 amide bonds. The molecule has 19 heavy (non-hydrogen) atoms. The van der Waals surface area contributed by atoms with Crippen molar-refractivity contribution in [3.63, 3.8) is 0 Å². The molecule has 2 aromatic rings. The maximum absolute atomic E-state index is 13.9. The molecule has 1 aromatic carbocycles. The third kappa shape index (κ3) is 2.40. The van der Waals surface area contributed by atoms with Crippen LogP contribution in [-0.2, 0) is 0 Å².